The molecule has 1 rings (SSSR count). The smallest absolute Gasteiger partial charge is 0.235 e. The normalized spacial score (nSPS) is 11.3. The molecule has 1 aromatic rings. The van der Waals surface area contributed by atoms with Crippen molar-refractivity contribution in [1.82, 2.24) is 0 Å². The molecule has 0 N–H and O–H groups in total. The van der Waals surface area contributed by atoms with Gasteiger partial charge in [-0.2, -0.15) is 0 Å². The zero-order chi connectivity index (χ0) is 11.3. The Kier molecular flexibility index (Phi) is 4.15. The second-order valence-corrected chi connectivity index (χ2v) is 5.24. The van der Waals surface area contributed by atoms with Gasteiger partial charge in [0.25, 0.3) is 0 Å². The highest BCUT2D eigenvalue weighted by molar-refractivity contribution is 7.92. The first-order valence-corrected chi connectivity index (χ1v) is 6.70. The zero-order valence-corrected chi connectivity index (χ0v) is 9.92. The Morgan fingerprint density at radius 2 is 2.07 bits per heavy atom. The second-order valence-electron chi connectivity index (χ2n) is 3.23. The molecule has 0 aliphatic carbocycles. The van der Waals surface area contributed by atoms with Gasteiger partial charge in [0.2, 0.25) is 10.0 Å². The third kappa shape index (κ3) is 2.96. The lowest BCUT2D eigenvalue weighted by Gasteiger charge is -2.22. The van der Waals surface area contributed by atoms with E-state index in [1.807, 2.05) is 26.0 Å². The summed E-state index contributed by atoms with van der Waals surface area (Å²) in [6.45, 7) is 4.14. The van der Waals surface area contributed by atoms with Gasteiger partial charge in [0.15, 0.2) is 0 Å². The molecule has 0 amide bonds. The Morgan fingerprint density at radius 1 is 1.33 bits per heavy atom. The van der Waals surface area contributed by atoms with E-state index < -0.39 is 10.0 Å². The third-order valence-electron chi connectivity index (χ3n) is 2.05. The Bertz CT molecular complexity index is 386. The SMILES string of the molecule is CCCS(=O)(=O)N(CC)c1[c]cccc1. The Balaban J connectivity index is 3.00. The van der Waals surface area contributed by atoms with E-state index in [1.165, 1.54) is 4.31 Å². The van der Waals surface area contributed by atoms with Crippen molar-refractivity contribution < 1.29 is 8.42 Å². The average Bonchev–Trinajstić information content (AvgIpc) is 2.19. The summed E-state index contributed by atoms with van der Waals surface area (Å²) in [5.41, 5.74) is 0.619. The molecule has 0 fully saturated rings. The summed E-state index contributed by atoms with van der Waals surface area (Å²) >= 11 is 0. The van der Waals surface area contributed by atoms with E-state index >= 15 is 0 Å². The van der Waals surface area contributed by atoms with Crippen molar-refractivity contribution in [3.05, 3.63) is 30.3 Å². The first kappa shape index (κ1) is 12.0. The third-order valence-corrected chi connectivity index (χ3v) is 4.10. The maximum absolute atomic E-state index is 11.9. The fraction of sp³-hybridized carbons (Fsp3) is 0.455. The molecule has 0 atom stereocenters. The highest BCUT2D eigenvalue weighted by atomic mass is 32.2. The van der Waals surface area contributed by atoms with Gasteiger partial charge in [0, 0.05) is 12.6 Å². The quantitative estimate of drug-likeness (QED) is 0.770. The molecule has 3 nitrogen and oxygen atoms in total. The summed E-state index contributed by atoms with van der Waals surface area (Å²) in [4.78, 5) is 0. The number of para-hydroxylation sites is 1. The van der Waals surface area contributed by atoms with E-state index in [4.69, 9.17) is 0 Å². The van der Waals surface area contributed by atoms with E-state index in [2.05, 4.69) is 6.07 Å². The predicted molar refractivity (Wildman–Crippen MR) is 62.4 cm³/mol. The number of rotatable bonds is 5. The van der Waals surface area contributed by atoms with Gasteiger partial charge in [-0.05, 0) is 19.4 Å². The van der Waals surface area contributed by atoms with Crippen molar-refractivity contribution in [3.63, 3.8) is 0 Å². The first-order valence-electron chi connectivity index (χ1n) is 5.09. The van der Waals surface area contributed by atoms with E-state index in [-0.39, 0.29) is 5.75 Å². The van der Waals surface area contributed by atoms with Gasteiger partial charge in [0.05, 0.1) is 11.4 Å². The Hall–Kier alpha value is -1.03. The van der Waals surface area contributed by atoms with E-state index in [9.17, 15) is 8.42 Å². The van der Waals surface area contributed by atoms with Crippen molar-refractivity contribution in [2.45, 2.75) is 20.3 Å². The molecule has 0 spiro atoms. The summed E-state index contributed by atoms with van der Waals surface area (Å²) in [6, 6.07) is 10.1. The van der Waals surface area contributed by atoms with Crippen LogP contribution in [0.3, 0.4) is 0 Å². The number of benzene rings is 1. The number of sulfonamides is 1. The fourth-order valence-electron chi connectivity index (χ4n) is 1.42. The van der Waals surface area contributed by atoms with Gasteiger partial charge in [-0.3, -0.25) is 4.31 Å². The summed E-state index contributed by atoms with van der Waals surface area (Å²) in [5, 5.41) is 0. The van der Waals surface area contributed by atoms with Crippen LogP contribution in [0.15, 0.2) is 24.3 Å². The molecule has 0 aliphatic heterocycles. The molecular formula is C11H16NO2S. The zero-order valence-electron chi connectivity index (χ0n) is 9.10. The van der Waals surface area contributed by atoms with Crippen LogP contribution >= 0.6 is 0 Å². The van der Waals surface area contributed by atoms with Crippen LogP contribution in [0.5, 0.6) is 0 Å². The van der Waals surface area contributed by atoms with Crippen molar-refractivity contribution in [2.24, 2.45) is 0 Å². The number of nitrogens with zero attached hydrogens (tertiary/aromatic N) is 1. The van der Waals surface area contributed by atoms with Crippen LogP contribution in [0.1, 0.15) is 20.3 Å². The molecule has 0 aliphatic rings. The van der Waals surface area contributed by atoms with Crippen LogP contribution in [0.4, 0.5) is 5.69 Å². The Morgan fingerprint density at radius 3 is 2.53 bits per heavy atom. The van der Waals surface area contributed by atoms with Crippen LogP contribution in [-0.2, 0) is 10.0 Å². The van der Waals surface area contributed by atoms with Crippen molar-refractivity contribution in [3.8, 4) is 0 Å². The minimum absolute atomic E-state index is 0.184. The molecule has 1 radical (unpaired) electrons. The molecule has 0 saturated carbocycles. The van der Waals surface area contributed by atoms with E-state index in [1.54, 1.807) is 12.1 Å². The minimum atomic E-state index is -3.17. The van der Waals surface area contributed by atoms with E-state index in [0.29, 0.717) is 18.7 Å². The van der Waals surface area contributed by atoms with Gasteiger partial charge in [-0.15, -0.1) is 0 Å². The topological polar surface area (TPSA) is 37.4 Å². The molecule has 0 bridgehead atoms. The molecule has 4 heteroatoms. The lowest BCUT2D eigenvalue weighted by Crippen LogP contribution is -2.32. The van der Waals surface area contributed by atoms with Gasteiger partial charge in [-0.1, -0.05) is 25.1 Å². The molecule has 1 aromatic carbocycles. The maximum Gasteiger partial charge on any atom is 0.235 e. The van der Waals surface area contributed by atoms with Crippen LogP contribution < -0.4 is 4.31 Å². The first-order chi connectivity index (χ1) is 7.11. The summed E-state index contributed by atoms with van der Waals surface area (Å²) in [6.07, 6.45) is 0.631. The Labute approximate surface area is 91.8 Å². The molecule has 15 heavy (non-hydrogen) atoms. The van der Waals surface area contributed by atoms with Crippen LogP contribution in [-0.4, -0.2) is 20.7 Å². The fourth-order valence-corrected chi connectivity index (χ4v) is 2.97. The molecule has 0 saturated heterocycles. The van der Waals surface area contributed by atoms with Crippen LogP contribution in [0.25, 0.3) is 0 Å². The van der Waals surface area contributed by atoms with Crippen molar-refractivity contribution in [1.29, 1.82) is 0 Å². The highest BCUT2D eigenvalue weighted by Gasteiger charge is 2.19. The second kappa shape index (κ2) is 5.16. The maximum atomic E-state index is 11.9. The van der Waals surface area contributed by atoms with Gasteiger partial charge < -0.3 is 0 Å². The predicted octanol–water partition coefficient (Wildman–Crippen LogP) is 2.05. The van der Waals surface area contributed by atoms with Crippen LogP contribution in [0.2, 0.25) is 0 Å². The molecule has 83 valence electrons. The highest BCUT2D eigenvalue weighted by Crippen LogP contribution is 2.16. The lowest BCUT2D eigenvalue weighted by atomic mass is 10.3. The number of hydrogen-bond acceptors (Lipinski definition) is 2. The number of hydrogen-bond donors (Lipinski definition) is 0. The average molecular weight is 226 g/mol. The van der Waals surface area contributed by atoms with Crippen molar-refractivity contribution >= 4 is 15.7 Å². The van der Waals surface area contributed by atoms with Crippen molar-refractivity contribution in [2.75, 3.05) is 16.6 Å². The molecular weight excluding hydrogens is 210 g/mol. The molecule has 0 aromatic heterocycles. The summed E-state index contributed by atoms with van der Waals surface area (Å²) in [7, 11) is -3.17. The van der Waals surface area contributed by atoms with Gasteiger partial charge >= 0.3 is 0 Å². The van der Waals surface area contributed by atoms with Gasteiger partial charge in [-0.25, -0.2) is 8.42 Å². The standard InChI is InChI=1S/C11H16NO2S/c1-3-10-15(13,14)12(4-2)11-8-6-5-7-9-11/h5-8H,3-4,10H2,1-2H3. The molecule has 0 heterocycles. The van der Waals surface area contributed by atoms with Crippen LogP contribution in [0, 0.1) is 6.07 Å². The largest absolute Gasteiger partial charge is 0.270 e. The van der Waals surface area contributed by atoms with Gasteiger partial charge in [0.1, 0.15) is 0 Å². The molecule has 0 unspecified atom stereocenters. The summed E-state index contributed by atoms with van der Waals surface area (Å²) in [5.74, 6) is 0.184. The lowest BCUT2D eigenvalue weighted by molar-refractivity contribution is 0.590. The summed E-state index contributed by atoms with van der Waals surface area (Å²) < 4.78 is 25.1. The monoisotopic (exact) mass is 226 g/mol. The number of anilines is 1. The minimum Gasteiger partial charge on any atom is -0.270 e. The van der Waals surface area contributed by atoms with E-state index in [0.717, 1.165) is 0 Å².